The van der Waals surface area contributed by atoms with Crippen LogP contribution in [0.15, 0.2) is 82.8 Å². The predicted octanol–water partition coefficient (Wildman–Crippen LogP) is 6.86. The molecule has 1 atom stereocenters. The molecule has 1 fully saturated rings. The number of benzene rings is 2. The minimum absolute atomic E-state index is 0.0631. The molecule has 0 radical (unpaired) electrons. The number of hydrogen-bond acceptors (Lipinski definition) is 9. The molecule has 1 amide bonds. The smallest absolute Gasteiger partial charge is 0.301 e. The zero-order valence-corrected chi connectivity index (χ0v) is 25.6. The lowest BCUT2D eigenvalue weighted by molar-refractivity contribution is -0.132. The number of hydrogen-bond donors (Lipinski definition) is 1. The van der Waals surface area contributed by atoms with Gasteiger partial charge in [-0.2, -0.15) is 0 Å². The summed E-state index contributed by atoms with van der Waals surface area (Å²) in [6, 6.07) is 19.2. The molecule has 1 N–H and O–H groups in total. The Morgan fingerprint density at radius 2 is 1.91 bits per heavy atom. The van der Waals surface area contributed by atoms with Crippen LogP contribution in [-0.2, 0) is 15.3 Å². The van der Waals surface area contributed by atoms with Crippen LogP contribution in [0.2, 0.25) is 5.02 Å². The van der Waals surface area contributed by atoms with E-state index in [2.05, 4.69) is 15.2 Å². The molecule has 0 aliphatic carbocycles. The molecule has 0 spiro atoms. The Morgan fingerprint density at radius 1 is 1.09 bits per heavy atom. The SMILES string of the molecule is CCCOc1cccc(C2C(=C(O)c3c(C)nc4ccccn34)C(=O)C(=O)N2c2nnc(SCc3ccccc3Cl)s2)c1. The molecule has 43 heavy (non-hydrogen) atoms. The molecule has 0 bridgehead atoms. The first-order chi connectivity index (χ1) is 20.9. The lowest BCUT2D eigenvalue weighted by atomic mass is 9.96. The van der Waals surface area contributed by atoms with Crippen molar-refractivity contribution in [2.45, 2.75) is 36.4 Å². The van der Waals surface area contributed by atoms with Crippen molar-refractivity contribution in [3.8, 4) is 5.75 Å². The second kappa shape index (κ2) is 12.2. The van der Waals surface area contributed by atoms with Crippen molar-refractivity contribution in [3.63, 3.8) is 0 Å². The number of halogens is 1. The largest absolute Gasteiger partial charge is 0.505 e. The van der Waals surface area contributed by atoms with Gasteiger partial charge in [-0.15, -0.1) is 10.2 Å². The molecular weight excluding hydrogens is 606 g/mol. The third kappa shape index (κ3) is 5.51. The van der Waals surface area contributed by atoms with Gasteiger partial charge in [0.05, 0.1) is 23.9 Å². The monoisotopic (exact) mass is 631 g/mol. The number of Topliss-reactive ketones (excluding diaryl/α,β-unsaturated/α-hetero) is 1. The molecule has 218 valence electrons. The quantitative estimate of drug-likeness (QED) is 0.0618. The van der Waals surface area contributed by atoms with E-state index in [1.165, 1.54) is 28.0 Å². The highest BCUT2D eigenvalue weighted by molar-refractivity contribution is 8.00. The Bertz CT molecular complexity index is 1880. The van der Waals surface area contributed by atoms with E-state index in [0.29, 0.717) is 50.1 Å². The third-order valence-electron chi connectivity index (χ3n) is 6.93. The van der Waals surface area contributed by atoms with E-state index in [0.717, 1.165) is 12.0 Å². The number of fused-ring (bicyclic) bond motifs is 1. The fourth-order valence-corrected chi connectivity index (χ4v) is 7.13. The van der Waals surface area contributed by atoms with Crippen molar-refractivity contribution < 1.29 is 19.4 Å². The number of ketones is 1. The molecule has 3 aromatic heterocycles. The fourth-order valence-electron chi connectivity index (χ4n) is 4.98. The highest BCUT2D eigenvalue weighted by Gasteiger charge is 2.49. The van der Waals surface area contributed by atoms with Gasteiger partial charge in [-0.05, 0) is 54.8 Å². The highest BCUT2D eigenvalue weighted by Crippen LogP contribution is 2.45. The van der Waals surface area contributed by atoms with E-state index < -0.39 is 17.7 Å². The number of carbonyl (C=O) groups excluding carboxylic acids is 2. The number of aryl methyl sites for hydroxylation is 1. The average Bonchev–Trinajstić information content (AvgIpc) is 3.69. The van der Waals surface area contributed by atoms with Crippen LogP contribution in [0.5, 0.6) is 5.75 Å². The first kappa shape index (κ1) is 28.9. The Labute approximate surface area is 260 Å². The van der Waals surface area contributed by atoms with E-state index in [-0.39, 0.29) is 16.5 Å². The maximum Gasteiger partial charge on any atom is 0.301 e. The molecule has 1 unspecified atom stereocenters. The number of ether oxygens (including phenoxy) is 1. The summed E-state index contributed by atoms with van der Waals surface area (Å²) < 4.78 is 8.17. The van der Waals surface area contributed by atoms with Crippen LogP contribution in [0, 0.1) is 6.92 Å². The Balaban J connectivity index is 1.45. The Hall–Kier alpha value is -4.19. The van der Waals surface area contributed by atoms with Gasteiger partial charge in [0.1, 0.15) is 17.1 Å². The number of amides is 1. The van der Waals surface area contributed by atoms with Gasteiger partial charge in [0, 0.05) is 17.0 Å². The number of carbonyl (C=O) groups is 2. The summed E-state index contributed by atoms with van der Waals surface area (Å²) in [5.74, 6) is -0.810. The second-order valence-corrected chi connectivity index (χ2v) is 12.4. The number of nitrogens with zero attached hydrogens (tertiary/aromatic N) is 5. The molecule has 4 heterocycles. The van der Waals surface area contributed by atoms with Crippen molar-refractivity contribution in [3.05, 3.63) is 106 Å². The molecule has 1 aliphatic rings. The van der Waals surface area contributed by atoms with Crippen LogP contribution in [0.3, 0.4) is 0 Å². The molecular formula is C31H26ClN5O4S2. The lowest BCUT2D eigenvalue weighted by Crippen LogP contribution is -2.29. The second-order valence-electron chi connectivity index (χ2n) is 9.80. The van der Waals surface area contributed by atoms with Crippen LogP contribution in [0.25, 0.3) is 11.4 Å². The summed E-state index contributed by atoms with van der Waals surface area (Å²) in [5, 5.41) is 21.2. The molecule has 2 aromatic carbocycles. The van der Waals surface area contributed by atoms with Gasteiger partial charge >= 0.3 is 5.91 Å². The van der Waals surface area contributed by atoms with Crippen LogP contribution >= 0.6 is 34.7 Å². The molecule has 6 rings (SSSR count). The summed E-state index contributed by atoms with van der Waals surface area (Å²) in [7, 11) is 0. The van der Waals surface area contributed by atoms with Crippen molar-refractivity contribution in [1.29, 1.82) is 0 Å². The number of rotatable bonds is 9. The fraction of sp³-hybridized carbons (Fsp3) is 0.194. The maximum atomic E-state index is 13.7. The zero-order chi connectivity index (χ0) is 30.1. The molecule has 1 aliphatic heterocycles. The Kier molecular flexibility index (Phi) is 8.20. The van der Waals surface area contributed by atoms with E-state index in [1.807, 2.05) is 43.3 Å². The van der Waals surface area contributed by atoms with Crippen molar-refractivity contribution in [2.75, 3.05) is 11.5 Å². The standard InChI is InChI=1S/C31H26ClN5O4S2/c1-3-15-41-21-11-8-10-19(16-21)26-24(27(38)25-18(2)33-23-13-6-7-14-36(23)25)28(39)29(40)37(26)30-34-35-31(43-30)42-17-20-9-4-5-12-22(20)32/h4-14,16,26,38H,3,15,17H2,1-2H3. The van der Waals surface area contributed by atoms with Crippen LogP contribution in [0.1, 0.15) is 41.9 Å². The van der Waals surface area contributed by atoms with Gasteiger partial charge in [-0.3, -0.25) is 18.9 Å². The van der Waals surface area contributed by atoms with Crippen LogP contribution < -0.4 is 9.64 Å². The number of aliphatic hydroxyl groups excluding tert-OH is 1. The van der Waals surface area contributed by atoms with Crippen molar-refractivity contribution >= 4 is 62.9 Å². The molecule has 5 aromatic rings. The summed E-state index contributed by atoms with van der Waals surface area (Å²) in [6.07, 6.45) is 2.57. The summed E-state index contributed by atoms with van der Waals surface area (Å²) in [5.41, 5.74) is 2.92. The van der Waals surface area contributed by atoms with E-state index >= 15 is 0 Å². The zero-order valence-electron chi connectivity index (χ0n) is 23.2. The number of aliphatic hydroxyl groups is 1. The maximum absolute atomic E-state index is 13.7. The summed E-state index contributed by atoms with van der Waals surface area (Å²) in [4.78, 5) is 33.3. The van der Waals surface area contributed by atoms with Gasteiger partial charge in [0.25, 0.3) is 5.78 Å². The topological polar surface area (TPSA) is 110 Å². The summed E-state index contributed by atoms with van der Waals surface area (Å²) in [6.45, 7) is 4.26. The highest BCUT2D eigenvalue weighted by atomic mass is 35.5. The van der Waals surface area contributed by atoms with Crippen molar-refractivity contribution in [1.82, 2.24) is 19.6 Å². The number of pyridine rings is 1. The molecule has 12 heteroatoms. The minimum atomic E-state index is -0.979. The van der Waals surface area contributed by atoms with Crippen LogP contribution in [0.4, 0.5) is 5.13 Å². The summed E-state index contributed by atoms with van der Waals surface area (Å²) >= 11 is 8.94. The number of aromatic nitrogens is 4. The van der Waals surface area contributed by atoms with Gasteiger partial charge in [-0.25, -0.2) is 4.98 Å². The normalized spacial score (nSPS) is 16.3. The average molecular weight is 632 g/mol. The van der Waals surface area contributed by atoms with E-state index in [1.54, 1.807) is 47.9 Å². The minimum Gasteiger partial charge on any atom is -0.505 e. The van der Waals surface area contributed by atoms with E-state index in [4.69, 9.17) is 16.3 Å². The molecule has 0 saturated carbocycles. The predicted molar refractivity (Wildman–Crippen MR) is 168 cm³/mol. The number of anilines is 1. The van der Waals surface area contributed by atoms with Gasteiger partial charge in [0.2, 0.25) is 5.13 Å². The Morgan fingerprint density at radius 3 is 2.72 bits per heavy atom. The first-order valence-electron chi connectivity index (χ1n) is 13.5. The molecule has 1 saturated heterocycles. The van der Waals surface area contributed by atoms with Crippen molar-refractivity contribution in [2.24, 2.45) is 0 Å². The number of thioether (sulfide) groups is 1. The lowest BCUT2D eigenvalue weighted by Gasteiger charge is -2.23. The first-order valence-corrected chi connectivity index (χ1v) is 15.7. The van der Waals surface area contributed by atoms with Gasteiger partial charge < -0.3 is 9.84 Å². The van der Waals surface area contributed by atoms with Crippen LogP contribution in [-0.4, -0.2) is 43.0 Å². The van der Waals surface area contributed by atoms with Gasteiger partial charge in [0.15, 0.2) is 10.1 Å². The van der Waals surface area contributed by atoms with E-state index in [9.17, 15) is 14.7 Å². The third-order valence-corrected chi connectivity index (χ3v) is 9.40. The number of imidazole rings is 1. The molecule has 9 nitrogen and oxygen atoms in total. The van der Waals surface area contributed by atoms with Gasteiger partial charge in [-0.1, -0.05) is 78.0 Å².